The van der Waals surface area contributed by atoms with E-state index >= 15 is 0 Å². The molecular formula is C12H19NOS. The minimum Gasteiger partial charge on any atom is -0.294 e. The van der Waals surface area contributed by atoms with Crippen LogP contribution in [-0.2, 0) is 12.8 Å². The molecule has 15 heavy (non-hydrogen) atoms. The highest BCUT2D eigenvalue weighted by Crippen LogP contribution is 2.22. The molecule has 1 aromatic heterocycles. The summed E-state index contributed by atoms with van der Waals surface area (Å²) < 4.78 is 0. The molecule has 0 spiro atoms. The highest BCUT2D eigenvalue weighted by Gasteiger charge is 2.14. The second-order valence-electron chi connectivity index (χ2n) is 4.29. The average molecular weight is 225 g/mol. The largest absolute Gasteiger partial charge is 0.294 e. The Morgan fingerprint density at radius 2 is 2.13 bits per heavy atom. The fourth-order valence-corrected chi connectivity index (χ4v) is 2.74. The van der Waals surface area contributed by atoms with E-state index < -0.39 is 0 Å². The maximum atomic E-state index is 11.4. The van der Waals surface area contributed by atoms with Gasteiger partial charge in [0.25, 0.3) is 0 Å². The Hall–Kier alpha value is -0.700. The second kappa shape index (κ2) is 5.40. The molecule has 0 aliphatic heterocycles. The van der Waals surface area contributed by atoms with Crippen molar-refractivity contribution < 1.29 is 4.79 Å². The van der Waals surface area contributed by atoms with Crippen molar-refractivity contribution in [1.82, 2.24) is 4.98 Å². The van der Waals surface area contributed by atoms with Crippen molar-refractivity contribution in [2.75, 3.05) is 0 Å². The third-order valence-electron chi connectivity index (χ3n) is 2.13. The van der Waals surface area contributed by atoms with Crippen LogP contribution in [0.5, 0.6) is 0 Å². The molecule has 0 bridgehead atoms. The summed E-state index contributed by atoms with van der Waals surface area (Å²) in [6.07, 6.45) is 2.95. The third-order valence-corrected chi connectivity index (χ3v) is 3.35. The molecule has 0 N–H and O–H groups in total. The maximum Gasteiger partial charge on any atom is 0.171 e. The van der Waals surface area contributed by atoms with Crippen LogP contribution in [0, 0.1) is 5.92 Å². The summed E-state index contributed by atoms with van der Waals surface area (Å²) >= 11 is 1.58. The Morgan fingerprint density at radius 1 is 1.47 bits per heavy atom. The highest BCUT2D eigenvalue weighted by molar-refractivity contribution is 7.13. The summed E-state index contributed by atoms with van der Waals surface area (Å²) in [7, 11) is 0. The Bertz CT molecular complexity index is 341. The number of ketones is 1. The number of rotatable bonds is 5. The van der Waals surface area contributed by atoms with Gasteiger partial charge in [0.15, 0.2) is 5.78 Å². The number of aryl methyl sites for hydroxylation is 1. The van der Waals surface area contributed by atoms with E-state index in [-0.39, 0.29) is 5.78 Å². The van der Waals surface area contributed by atoms with Crippen LogP contribution < -0.4 is 0 Å². The van der Waals surface area contributed by atoms with Crippen molar-refractivity contribution in [2.24, 2.45) is 5.92 Å². The van der Waals surface area contributed by atoms with Crippen molar-refractivity contribution in [3.05, 3.63) is 15.6 Å². The van der Waals surface area contributed by atoms with Crippen LogP contribution in [0.2, 0.25) is 0 Å². The number of carbonyl (C=O) groups excluding carboxylic acids is 1. The van der Waals surface area contributed by atoms with Gasteiger partial charge in [-0.3, -0.25) is 4.79 Å². The average Bonchev–Trinajstić information content (AvgIpc) is 2.47. The molecule has 1 aromatic rings. The molecule has 0 aliphatic rings. The predicted octanol–water partition coefficient (Wildman–Crippen LogP) is 3.50. The van der Waals surface area contributed by atoms with Crippen LogP contribution in [0.15, 0.2) is 0 Å². The van der Waals surface area contributed by atoms with E-state index in [4.69, 9.17) is 0 Å². The van der Waals surface area contributed by atoms with Gasteiger partial charge in [0.2, 0.25) is 0 Å². The Labute approximate surface area is 95.7 Å². The zero-order valence-corrected chi connectivity index (χ0v) is 10.8. The summed E-state index contributed by atoms with van der Waals surface area (Å²) in [6, 6.07) is 0. The molecule has 1 heterocycles. The fourth-order valence-electron chi connectivity index (χ4n) is 1.52. The standard InChI is InChI=1S/C12H19NOS/c1-5-6-10-12(9(4)14)15-11(13-10)7-8(2)3/h8H,5-7H2,1-4H3. The van der Waals surface area contributed by atoms with Crippen LogP contribution in [0.3, 0.4) is 0 Å². The van der Waals surface area contributed by atoms with Gasteiger partial charge in [0.05, 0.1) is 15.6 Å². The zero-order valence-electron chi connectivity index (χ0n) is 9.96. The highest BCUT2D eigenvalue weighted by atomic mass is 32.1. The lowest BCUT2D eigenvalue weighted by Crippen LogP contribution is -1.96. The summed E-state index contributed by atoms with van der Waals surface area (Å²) in [5, 5.41) is 1.11. The molecule has 0 saturated heterocycles. The number of carbonyl (C=O) groups is 1. The van der Waals surface area contributed by atoms with Crippen LogP contribution in [0.25, 0.3) is 0 Å². The lowest BCUT2D eigenvalue weighted by atomic mass is 10.1. The Morgan fingerprint density at radius 3 is 2.60 bits per heavy atom. The zero-order chi connectivity index (χ0) is 11.4. The van der Waals surface area contributed by atoms with E-state index in [1.165, 1.54) is 0 Å². The van der Waals surface area contributed by atoms with Gasteiger partial charge in [-0.15, -0.1) is 11.3 Å². The first-order valence-electron chi connectivity index (χ1n) is 5.54. The Balaban J connectivity index is 2.93. The molecule has 84 valence electrons. The number of aromatic nitrogens is 1. The minimum absolute atomic E-state index is 0.158. The van der Waals surface area contributed by atoms with Crippen molar-refractivity contribution >= 4 is 17.1 Å². The van der Waals surface area contributed by atoms with Crippen molar-refractivity contribution in [3.63, 3.8) is 0 Å². The summed E-state index contributed by atoms with van der Waals surface area (Å²) in [6.45, 7) is 8.10. The predicted molar refractivity (Wildman–Crippen MR) is 64.7 cm³/mol. The number of thiazole rings is 1. The molecule has 1 rings (SSSR count). The first kappa shape index (κ1) is 12.4. The molecule has 0 radical (unpaired) electrons. The number of hydrogen-bond donors (Lipinski definition) is 0. The van der Waals surface area contributed by atoms with Gasteiger partial charge in [0, 0.05) is 13.3 Å². The van der Waals surface area contributed by atoms with Crippen LogP contribution >= 0.6 is 11.3 Å². The molecule has 3 heteroatoms. The van der Waals surface area contributed by atoms with E-state index in [1.54, 1.807) is 18.3 Å². The number of hydrogen-bond acceptors (Lipinski definition) is 3. The van der Waals surface area contributed by atoms with Gasteiger partial charge >= 0.3 is 0 Å². The summed E-state index contributed by atoms with van der Waals surface area (Å²) in [5.41, 5.74) is 1.01. The van der Waals surface area contributed by atoms with Gasteiger partial charge in [-0.1, -0.05) is 27.2 Å². The molecule has 0 atom stereocenters. The summed E-state index contributed by atoms with van der Waals surface area (Å²) in [5.74, 6) is 0.761. The maximum absolute atomic E-state index is 11.4. The second-order valence-corrected chi connectivity index (χ2v) is 5.37. The van der Waals surface area contributed by atoms with Crippen molar-refractivity contribution in [2.45, 2.75) is 47.0 Å². The van der Waals surface area contributed by atoms with E-state index in [0.717, 1.165) is 34.8 Å². The smallest absolute Gasteiger partial charge is 0.171 e. The lowest BCUT2D eigenvalue weighted by molar-refractivity contribution is 0.102. The normalized spacial score (nSPS) is 11.0. The van der Waals surface area contributed by atoms with E-state index in [0.29, 0.717) is 5.92 Å². The first-order valence-corrected chi connectivity index (χ1v) is 6.35. The van der Waals surface area contributed by atoms with Crippen molar-refractivity contribution in [3.8, 4) is 0 Å². The lowest BCUT2D eigenvalue weighted by Gasteiger charge is -1.98. The van der Waals surface area contributed by atoms with Gasteiger partial charge in [0.1, 0.15) is 0 Å². The molecule has 0 aliphatic carbocycles. The third kappa shape index (κ3) is 3.42. The van der Waals surface area contributed by atoms with Gasteiger partial charge in [-0.05, 0) is 12.3 Å². The number of Topliss-reactive ketones (excluding diaryl/α,β-unsaturated/α-hetero) is 1. The van der Waals surface area contributed by atoms with Gasteiger partial charge in [-0.2, -0.15) is 0 Å². The SMILES string of the molecule is CCCc1nc(CC(C)C)sc1C(C)=O. The van der Waals surface area contributed by atoms with E-state index in [1.807, 2.05) is 0 Å². The number of nitrogens with zero attached hydrogens (tertiary/aromatic N) is 1. The van der Waals surface area contributed by atoms with E-state index in [2.05, 4.69) is 25.8 Å². The molecular weight excluding hydrogens is 206 g/mol. The van der Waals surface area contributed by atoms with Gasteiger partial charge in [-0.25, -0.2) is 4.98 Å². The van der Waals surface area contributed by atoms with E-state index in [9.17, 15) is 4.79 Å². The summed E-state index contributed by atoms with van der Waals surface area (Å²) in [4.78, 5) is 16.8. The Kier molecular flexibility index (Phi) is 4.45. The quantitative estimate of drug-likeness (QED) is 0.718. The van der Waals surface area contributed by atoms with Crippen LogP contribution in [-0.4, -0.2) is 10.8 Å². The minimum atomic E-state index is 0.158. The molecule has 0 aromatic carbocycles. The monoisotopic (exact) mass is 225 g/mol. The van der Waals surface area contributed by atoms with Crippen LogP contribution in [0.4, 0.5) is 0 Å². The molecule has 0 saturated carbocycles. The molecule has 0 unspecified atom stereocenters. The topological polar surface area (TPSA) is 30.0 Å². The first-order chi connectivity index (χ1) is 7.04. The van der Waals surface area contributed by atoms with Crippen molar-refractivity contribution in [1.29, 1.82) is 0 Å². The molecule has 2 nitrogen and oxygen atoms in total. The molecule has 0 fully saturated rings. The van der Waals surface area contributed by atoms with Crippen LogP contribution in [0.1, 0.15) is 54.5 Å². The fraction of sp³-hybridized carbons (Fsp3) is 0.667. The van der Waals surface area contributed by atoms with Gasteiger partial charge < -0.3 is 0 Å². The molecule has 0 amide bonds.